The molecule has 0 aliphatic carbocycles. The van der Waals surface area contributed by atoms with Gasteiger partial charge in [0.25, 0.3) is 0 Å². The third-order valence-electron chi connectivity index (χ3n) is 4.00. The molecule has 0 spiro atoms. The van der Waals surface area contributed by atoms with Gasteiger partial charge < -0.3 is 15.2 Å². The molecule has 1 saturated heterocycles. The molecule has 1 fully saturated rings. The molecule has 8 heteroatoms. The number of imidazole rings is 1. The van der Waals surface area contributed by atoms with Crippen LogP contribution >= 0.6 is 0 Å². The molecule has 116 valence electrons. The number of carboxylic acids is 1. The fourth-order valence-electron chi connectivity index (χ4n) is 2.80. The van der Waals surface area contributed by atoms with E-state index in [1.165, 1.54) is 6.20 Å². The van der Waals surface area contributed by atoms with Gasteiger partial charge in [-0.3, -0.25) is 9.69 Å². The summed E-state index contributed by atoms with van der Waals surface area (Å²) in [7, 11) is 0. The van der Waals surface area contributed by atoms with E-state index in [0.717, 1.165) is 26.1 Å². The number of aliphatic carboxylic acids is 1. The lowest BCUT2D eigenvalue weighted by atomic mass is 10.0. The van der Waals surface area contributed by atoms with Crippen LogP contribution in [-0.2, 0) is 11.3 Å². The van der Waals surface area contributed by atoms with E-state index >= 15 is 0 Å². The van der Waals surface area contributed by atoms with Crippen LogP contribution in [0.1, 0.15) is 25.1 Å². The maximum absolute atomic E-state index is 10.9. The van der Waals surface area contributed by atoms with Crippen LogP contribution in [0.15, 0.2) is 6.20 Å². The van der Waals surface area contributed by atoms with E-state index in [0.29, 0.717) is 24.7 Å². The third kappa shape index (κ3) is 4.01. The second-order valence-electron chi connectivity index (χ2n) is 5.46. The summed E-state index contributed by atoms with van der Waals surface area (Å²) in [5.41, 5.74) is 0. The van der Waals surface area contributed by atoms with Crippen LogP contribution in [0.4, 0.5) is 5.82 Å². The zero-order chi connectivity index (χ0) is 15.4. The Labute approximate surface area is 122 Å². The molecule has 2 rings (SSSR count). The van der Waals surface area contributed by atoms with Crippen molar-refractivity contribution in [1.82, 2.24) is 14.5 Å². The van der Waals surface area contributed by atoms with Gasteiger partial charge in [-0.05, 0) is 30.2 Å². The molecule has 1 aromatic rings. The predicted molar refractivity (Wildman–Crippen MR) is 75.0 cm³/mol. The first-order valence-electron chi connectivity index (χ1n) is 7.08. The fourth-order valence-corrected chi connectivity index (χ4v) is 2.80. The van der Waals surface area contributed by atoms with Gasteiger partial charge in [-0.2, -0.15) is 0 Å². The second-order valence-corrected chi connectivity index (χ2v) is 5.46. The molecule has 0 amide bonds. The van der Waals surface area contributed by atoms with E-state index in [4.69, 9.17) is 5.11 Å². The minimum Gasteiger partial charge on any atom is -0.481 e. The summed E-state index contributed by atoms with van der Waals surface area (Å²) in [5.74, 6) is 0.329. The molecule has 2 heterocycles. The predicted octanol–water partition coefficient (Wildman–Crippen LogP) is 1.29. The Hall–Kier alpha value is -1.96. The molecular formula is C13H20N4O4. The minimum atomic E-state index is -0.752. The summed E-state index contributed by atoms with van der Waals surface area (Å²) >= 11 is 0. The maximum atomic E-state index is 10.9. The number of rotatable bonds is 7. The number of aryl methyl sites for hydroxylation is 1. The van der Waals surface area contributed by atoms with Crippen molar-refractivity contribution in [2.24, 2.45) is 5.92 Å². The molecular weight excluding hydrogens is 276 g/mol. The second kappa shape index (κ2) is 6.66. The molecule has 0 saturated carbocycles. The quantitative estimate of drug-likeness (QED) is 0.601. The normalized spacial score (nSPS) is 19.0. The number of carboxylic acid groups (broad SMARTS) is 1. The van der Waals surface area contributed by atoms with Gasteiger partial charge in [-0.25, -0.2) is 9.55 Å². The zero-order valence-electron chi connectivity index (χ0n) is 12.1. The minimum absolute atomic E-state index is 0.0223. The number of hydrogen-bond donors (Lipinski definition) is 1. The van der Waals surface area contributed by atoms with Crippen molar-refractivity contribution >= 4 is 11.8 Å². The van der Waals surface area contributed by atoms with Crippen molar-refractivity contribution in [2.75, 3.05) is 19.6 Å². The van der Waals surface area contributed by atoms with E-state index < -0.39 is 10.9 Å². The number of likely N-dealkylation sites (tertiary alicyclic amines) is 1. The van der Waals surface area contributed by atoms with Crippen molar-refractivity contribution in [3.05, 3.63) is 22.1 Å². The lowest BCUT2D eigenvalue weighted by Crippen LogP contribution is -2.26. The Bertz CT molecular complexity index is 528. The van der Waals surface area contributed by atoms with Crippen molar-refractivity contribution in [2.45, 2.75) is 32.7 Å². The summed E-state index contributed by atoms with van der Waals surface area (Å²) in [6, 6.07) is 0. The van der Waals surface area contributed by atoms with E-state index in [9.17, 15) is 14.9 Å². The number of nitrogens with zero attached hydrogens (tertiary/aromatic N) is 4. The summed E-state index contributed by atoms with van der Waals surface area (Å²) < 4.78 is 1.62. The lowest BCUT2D eigenvalue weighted by Gasteiger charge is -2.15. The maximum Gasteiger partial charge on any atom is 0.342 e. The number of aromatic nitrogens is 2. The Morgan fingerprint density at radius 3 is 3.00 bits per heavy atom. The molecule has 0 radical (unpaired) electrons. The monoisotopic (exact) mass is 296 g/mol. The Morgan fingerprint density at radius 2 is 2.33 bits per heavy atom. The highest BCUT2D eigenvalue weighted by atomic mass is 16.6. The molecule has 0 aromatic carbocycles. The van der Waals surface area contributed by atoms with Crippen LogP contribution in [0.2, 0.25) is 0 Å². The van der Waals surface area contributed by atoms with Gasteiger partial charge in [0.15, 0.2) is 5.82 Å². The highest BCUT2D eigenvalue weighted by Crippen LogP contribution is 2.21. The van der Waals surface area contributed by atoms with Crippen molar-refractivity contribution < 1.29 is 14.8 Å². The summed E-state index contributed by atoms with van der Waals surface area (Å²) in [6.07, 6.45) is 3.20. The lowest BCUT2D eigenvalue weighted by molar-refractivity contribution is -0.392. The van der Waals surface area contributed by atoms with Gasteiger partial charge in [0, 0.05) is 26.4 Å². The van der Waals surface area contributed by atoms with Crippen LogP contribution in [0.25, 0.3) is 0 Å². The van der Waals surface area contributed by atoms with Crippen LogP contribution in [0.3, 0.4) is 0 Å². The molecule has 8 nitrogen and oxygen atoms in total. The van der Waals surface area contributed by atoms with Crippen LogP contribution < -0.4 is 0 Å². The first-order valence-corrected chi connectivity index (χ1v) is 7.08. The van der Waals surface area contributed by atoms with Crippen LogP contribution in [-0.4, -0.2) is 50.1 Å². The topological polar surface area (TPSA) is 102 Å². The van der Waals surface area contributed by atoms with E-state index in [-0.39, 0.29) is 12.2 Å². The molecule has 1 aromatic heterocycles. The van der Waals surface area contributed by atoms with Crippen molar-refractivity contribution in [3.63, 3.8) is 0 Å². The van der Waals surface area contributed by atoms with Gasteiger partial charge in [0.05, 0.1) is 0 Å². The first-order chi connectivity index (χ1) is 9.97. The number of hydrogen-bond acceptors (Lipinski definition) is 5. The Kier molecular flexibility index (Phi) is 4.89. The fraction of sp³-hybridized carbons (Fsp3) is 0.692. The summed E-state index contributed by atoms with van der Waals surface area (Å²) in [4.78, 5) is 27.3. The van der Waals surface area contributed by atoms with Gasteiger partial charge in [0.2, 0.25) is 0 Å². The zero-order valence-corrected chi connectivity index (χ0v) is 12.1. The SMILES string of the molecule is Cc1ncc([N+](=O)[O-])n1CCN1CCC(CCC(=O)O)C1. The van der Waals surface area contributed by atoms with Crippen LogP contribution in [0, 0.1) is 23.0 Å². The largest absolute Gasteiger partial charge is 0.481 e. The molecule has 1 N–H and O–H groups in total. The van der Waals surface area contributed by atoms with Crippen molar-refractivity contribution in [1.29, 1.82) is 0 Å². The van der Waals surface area contributed by atoms with Gasteiger partial charge in [-0.15, -0.1) is 0 Å². The number of carbonyl (C=O) groups is 1. The smallest absolute Gasteiger partial charge is 0.342 e. The molecule has 21 heavy (non-hydrogen) atoms. The molecule has 1 atom stereocenters. The van der Waals surface area contributed by atoms with Gasteiger partial charge in [-0.1, -0.05) is 0 Å². The Balaban J connectivity index is 1.83. The average molecular weight is 296 g/mol. The Morgan fingerprint density at radius 1 is 1.57 bits per heavy atom. The number of nitro groups is 1. The highest BCUT2D eigenvalue weighted by molar-refractivity contribution is 5.66. The molecule has 1 aliphatic heterocycles. The van der Waals surface area contributed by atoms with E-state index in [2.05, 4.69) is 9.88 Å². The van der Waals surface area contributed by atoms with Crippen molar-refractivity contribution in [3.8, 4) is 0 Å². The van der Waals surface area contributed by atoms with Crippen LogP contribution in [0.5, 0.6) is 0 Å². The van der Waals surface area contributed by atoms with E-state index in [1.807, 2.05) is 0 Å². The standard InChI is InChI=1S/C13H20N4O4/c1-10-14-8-12(17(20)21)16(10)7-6-15-5-4-11(9-15)2-3-13(18)19/h8,11H,2-7,9H2,1H3,(H,18,19). The molecule has 0 bridgehead atoms. The third-order valence-corrected chi connectivity index (χ3v) is 4.00. The summed E-state index contributed by atoms with van der Waals surface area (Å²) in [6.45, 7) is 4.81. The summed E-state index contributed by atoms with van der Waals surface area (Å²) in [5, 5.41) is 19.6. The first kappa shape index (κ1) is 15.4. The molecule has 1 aliphatic rings. The molecule has 1 unspecified atom stereocenters. The average Bonchev–Trinajstić information content (AvgIpc) is 3.00. The van der Waals surface area contributed by atoms with Gasteiger partial charge >= 0.3 is 11.8 Å². The van der Waals surface area contributed by atoms with E-state index in [1.54, 1.807) is 11.5 Å². The highest BCUT2D eigenvalue weighted by Gasteiger charge is 2.24. The van der Waals surface area contributed by atoms with Gasteiger partial charge in [0.1, 0.15) is 12.7 Å².